The Morgan fingerprint density at radius 3 is 2.49 bits per heavy atom. The van der Waals surface area contributed by atoms with Crippen LogP contribution in [0.2, 0.25) is 0 Å². The Bertz CT molecular complexity index is 1320. The van der Waals surface area contributed by atoms with Gasteiger partial charge in [0.05, 0.1) is 24.9 Å². The summed E-state index contributed by atoms with van der Waals surface area (Å²) in [5, 5.41) is 14.9. The topological polar surface area (TPSA) is 87.6 Å². The predicted molar refractivity (Wildman–Crippen MR) is 163 cm³/mol. The molecule has 1 aromatic carbocycles. The number of nitrogens with one attached hydrogen (secondary N) is 1. The van der Waals surface area contributed by atoms with Crippen molar-refractivity contribution in [1.29, 1.82) is 0 Å². The smallest absolute Gasteiger partial charge is 0.223 e. The van der Waals surface area contributed by atoms with Crippen molar-refractivity contribution in [3.8, 4) is 16.9 Å². The van der Waals surface area contributed by atoms with Crippen molar-refractivity contribution in [2.45, 2.75) is 76.4 Å². The molecular weight excluding hydrogens is 512 g/mol. The van der Waals surface area contributed by atoms with E-state index < -0.39 is 6.10 Å². The van der Waals surface area contributed by atoms with Crippen LogP contribution in [0.5, 0.6) is 5.75 Å². The zero-order valence-electron chi connectivity index (χ0n) is 24.8. The first-order chi connectivity index (χ1) is 19.8. The van der Waals surface area contributed by atoms with E-state index >= 15 is 0 Å². The number of amides is 1. The van der Waals surface area contributed by atoms with E-state index in [0.717, 1.165) is 78.2 Å². The number of aryl methyl sites for hydroxylation is 1. The monoisotopic (exact) mass is 556 g/mol. The SMILES string of the molecule is COc1ccc(C2CCC(C(NC(=O)C3CCCCC3)c3cccc(-c4ccc(N(C)C)nc4)c3)CC2O)nc1C. The van der Waals surface area contributed by atoms with E-state index in [1.54, 1.807) is 7.11 Å². The van der Waals surface area contributed by atoms with Gasteiger partial charge in [-0.05, 0) is 86.4 Å². The maximum atomic E-state index is 13.5. The summed E-state index contributed by atoms with van der Waals surface area (Å²) in [6.45, 7) is 1.94. The van der Waals surface area contributed by atoms with Crippen LogP contribution < -0.4 is 15.0 Å². The lowest BCUT2D eigenvalue weighted by atomic mass is 9.73. The molecule has 7 nitrogen and oxygen atoms in total. The number of aliphatic hydroxyl groups is 1. The maximum absolute atomic E-state index is 13.5. The van der Waals surface area contributed by atoms with Gasteiger partial charge in [-0.1, -0.05) is 37.5 Å². The first kappa shape index (κ1) is 29.1. The molecule has 1 amide bonds. The van der Waals surface area contributed by atoms with Crippen LogP contribution in [0.4, 0.5) is 5.82 Å². The van der Waals surface area contributed by atoms with Gasteiger partial charge in [-0.25, -0.2) is 4.98 Å². The molecule has 2 aliphatic carbocycles. The standard InChI is InChI=1S/C34H44N4O3/c1-22-31(41-4)17-16-29(36-22)28-15-13-26(20-30(28)39)33(37-34(40)23-9-6-5-7-10-23)25-12-8-11-24(19-25)27-14-18-32(35-21-27)38(2)3/h8,11-12,14,16-19,21,23,26,28,30,33,39H,5-7,9-10,13,15,20H2,1-4H3,(H,37,40). The summed E-state index contributed by atoms with van der Waals surface area (Å²) in [4.78, 5) is 24.9. The van der Waals surface area contributed by atoms with Gasteiger partial charge in [-0.3, -0.25) is 9.78 Å². The first-order valence-corrected chi connectivity index (χ1v) is 15.1. The van der Waals surface area contributed by atoms with Gasteiger partial charge in [-0.2, -0.15) is 0 Å². The summed E-state index contributed by atoms with van der Waals surface area (Å²) < 4.78 is 5.39. The number of methoxy groups -OCH3 is 1. The molecule has 2 aromatic heterocycles. The molecule has 0 saturated heterocycles. The van der Waals surface area contributed by atoms with Gasteiger partial charge in [0, 0.05) is 43.4 Å². The number of rotatable bonds is 8. The molecule has 4 atom stereocenters. The Hall–Kier alpha value is -3.45. The molecule has 3 aromatic rings. The quantitative estimate of drug-likeness (QED) is 0.343. The van der Waals surface area contributed by atoms with Crippen molar-refractivity contribution in [3.63, 3.8) is 0 Å². The number of aliphatic hydroxyl groups excluding tert-OH is 1. The second-order valence-corrected chi connectivity index (χ2v) is 12.0. The minimum atomic E-state index is -0.533. The molecule has 0 bridgehead atoms. The zero-order chi connectivity index (χ0) is 28.9. The fourth-order valence-corrected chi connectivity index (χ4v) is 6.66. The van der Waals surface area contributed by atoms with Crippen LogP contribution in [0.3, 0.4) is 0 Å². The van der Waals surface area contributed by atoms with Gasteiger partial charge >= 0.3 is 0 Å². The van der Waals surface area contributed by atoms with Crippen molar-refractivity contribution in [1.82, 2.24) is 15.3 Å². The van der Waals surface area contributed by atoms with Crippen LogP contribution in [-0.4, -0.2) is 48.3 Å². The Balaban J connectivity index is 1.40. The van der Waals surface area contributed by atoms with Crippen molar-refractivity contribution in [3.05, 3.63) is 71.7 Å². The normalized spacial score (nSPS) is 22.1. The lowest BCUT2D eigenvalue weighted by molar-refractivity contribution is -0.127. The fraction of sp³-hybridized carbons (Fsp3) is 0.500. The number of pyridine rings is 2. The van der Waals surface area contributed by atoms with Crippen molar-refractivity contribution in [2.24, 2.45) is 11.8 Å². The summed E-state index contributed by atoms with van der Waals surface area (Å²) in [7, 11) is 5.62. The van der Waals surface area contributed by atoms with Gasteiger partial charge in [-0.15, -0.1) is 0 Å². The molecule has 0 spiro atoms. The average Bonchev–Trinajstić information content (AvgIpc) is 3.00. The lowest BCUT2D eigenvalue weighted by Crippen LogP contribution is -2.41. The highest BCUT2D eigenvalue weighted by atomic mass is 16.5. The summed E-state index contributed by atoms with van der Waals surface area (Å²) in [6.07, 6.45) is 9.06. The number of hydrogen-bond acceptors (Lipinski definition) is 6. The minimum Gasteiger partial charge on any atom is -0.495 e. The van der Waals surface area contributed by atoms with Gasteiger partial charge in [0.15, 0.2) is 0 Å². The molecule has 2 saturated carbocycles. The molecule has 218 valence electrons. The average molecular weight is 557 g/mol. The molecule has 2 aliphatic rings. The lowest BCUT2D eigenvalue weighted by Gasteiger charge is -2.38. The van der Waals surface area contributed by atoms with Crippen molar-refractivity contribution < 1.29 is 14.6 Å². The number of nitrogens with zero attached hydrogens (tertiary/aromatic N) is 3. The number of anilines is 1. The van der Waals surface area contributed by atoms with E-state index in [0.29, 0.717) is 6.42 Å². The van der Waals surface area contributed by atoms with E-state index in [2.05, 4.69) is 40.6 Å². The highest BCUT2D eigenvalue weighted by molar-refractivity contribution is 5.79. The van der Waals surface area contributed by atoms with Gasteiger partial charge in [0.1, 0.15) is 11.6 Å². The van der Waals surface area contributed by atoms with Gasteiger partial charge < -0.3 is 20.1 Å². The molecule has 4 unspecified atom stereocenters. The van der Waals surface area contributed by atoms with Crippen LogP contribution in [0.25, 0.3) is 11.1 Å². The van der Waals surface area contributed by atoms with Crippen LogP contribution in [0.1, 0.15) is 80.3 Å². The molecule has 2 N–H and O–H groups in total. The predicted octanol–water partition coefficient (Wildman–Crippen LogP) is 6.21. The second-order valence-electron chi connectivity index (χ2n) is 12.0. The Labute approximate surface area is 244 Å². The molecule has 0 aliphatic heterocycles. The molecular formula is C34H44N4O3. The van der Waals surface area contributed by atoms with Crippen LogP contribution in [0.15, 0.2) is 54.7 Å². The van der Waals surface area contributed by atoms with E-state index in [9.17, 15) is 9.90 Å². The highest BCUT2D eigenvalue weighted by Crippen LogP contribution is 2.42. The number of aromatic nitrogens is 2. The molecule has 0 radical (unpaired) electrons. The molecule has 2 fully saturated rings. The minimum absolute atomic E-state index is 0.0295. The number of carbonyl (C=O) groups excluding carboxylic acids is 1. The van der Waals surface area contributed by atoms with Gasteiger partial charge in [0.2, 0.25) is 5.91 Å². The van der Waals surface area contributed by atoms with Crippen LogP contribution in [-0.2, 0) is 4.79 Å². The fourth-order valence-electron chi connectivity index (χ4n) is 6.66. The van der Waals surface area contributed by atoms with Crippen molar-refractivity contribution >= 4 is 11.7 Å². The van der Waals surface area contributed by atoms with Crippen molar-refractivity contribution in [2.75, 3.05) is 26.1 Å². The highest BCUT2D eigenvalue weighted by Gasteiger charge is 2.37. The Morgan fingerprint density at radius 2 is 1.83 bits per heavy atom. The summed E-state index contributed by atoms with van der Waals surface area (Å²) in [5.74, 6) is 1.99. The summed E-state index contributed by atoms with van der Waals surface area (Å²) >= 11 is 0. The van der Waals surface area contributed by atoms with E-state index in [-0.39, 0.29) is 29.7 Å². The number of benzene rings is 1. The summed E-state index contributed by atoms with van der Waals surface area (Å²) in [6, 6.07) is 16.3. The van der Waals surface area contributed by atoms with Gasteiger partial charge in [0.25, 0.3) is 0 Å². The van der Waals surface area contributed by atoms with Crippen LogP contribution in [0, 0.1) is 18.8 Å². The number of ether oxygens (including phenoxy) is 1. The van der Waals surface area contributed by atoms with E-state index in [1.807, 2.05) is 50.3 Å². The molecule has 5 rings (SSSR count). The Kier molecular flexibility index (Phi) is 9.23. The zero-order valence-corrected chi connectivity index (χ0v) is 24.8. The second kappa shape index (κ2) is 13.0. The van der Waals surface area contributed by atoms with E-state index in [4.69, 9.17) is 9.72 Å². The maximum Gasteiger partial charge on any atom is 0.223 e. The van der Waals surface area contributed by atoms with E-state index in [1.165, 1.54) is 6.42 Å². The summed E-state index contributed by atoms with van der Waals surface area (Å²) in [5.41, 5.74) is 4.94. The molecule has 2 heterocycles. The van der Waals surface area contributed by atoms with Crippen LogP contribution >= 0.6 is 0 Å². The first-order valence-electron chi connectivity index (χ1n) is 15.1. The third-order valence-electron chi connectivity index (χ3n) is 9.05. The third kappa shape index (κ3) is 6.72. The largest absolute Gasteiger partial charge is 0.495 e. The third-order valence-corrected chi connectivity index (χ3v) is 9.05. The molecule has 7 heteroatoms. The molecule has 41 heavy (non-hydrogen) atoms. The number of hydrogen-bond donors (Lipinski definition) is 2. The Morgan fingerprint density at radius 1 is 1.02 bits per heavy atom. The number of carbonyl (C=O) groups is 1.